The molecule has 0 aliphatic carbocycles. The molecule has 0 fully saturated rings. The highest BCUT2D eigenvalue weighted by molar-refractivity contribution is 5.46. The zero-order chi connectivity index (χ0) is 13.6. The summed E-state index contributed by atoms with van der Waals surface area (Å²) in [6, 6.07) is 2.42. The number of anilines is 1. The molecule has 2 nitrogen and oxygen atoms in total. The monoisotopic (exact) mass is 265 g/mol. The maximum absolute atomic E-state index is 13.4. The lowest BCUT2D eigenvalue weighted by atomic mass is 10.2. The van der Waals surface area contributed by atoms with Gasteiger partial charge in [0.05, 0.1) is 11.3 Å². The summed E-state index contributed by atoms with van der Waals surface area (Å²) in [6.07, 6.45) is -2.36. The van der Waals surface area contributed by atoms with Crippen molar-refractivity contribution in [2.75, 3.05) is 18.5 Å². The molecule has 0 atom stereocenters. The van der Waals surface area contributed by atoms with Crippen LogP contribution in [0, 0.1) is 5.82 Å². The molecule has 18 heavy (non-hydrogen) atoms. The van der Waals surface area contributed by atoms with Crippen LogP contribution < -0.4 is 5.32 Å². The molecule has 0 aromatic heterocycles. The van der Waals surface area contributed by atoms with Gasteiger partial charge in [-0.2, -0.15) is 13.2 Å². The summed E-state index contributed by atoms with van der Waals surface area (Å²) in [5, 5.41) is 11.3. The Morgan fingerprint density at radius 1 is 1.11 bits per heavy atom. The number of unbranched alkanes of at least 4 members (excludes halogenated alkanes) is 2. The van der Waals surface area contributed by atoms with Crippen molar-refractivity contribution in [1.29, 1.82) is 0 Å². The Kier molecular flexibility index (Phi) is 5.40. The Morgan fingerprint density at radius 3 is 2.39 bits per heavy atom. The molecule has 0 amide bonds. The van der Waals surface area contributed by atoms with Crippen LogP contribution in [0.3, 0.4) is 0 Å². The average Bonchev–Trinajstić information content (AvgIpc) is 2.29. The van der Waals surface area contributed by atoms with Gasteiger partial charge in [0.2, 0.25) is 0 Å². The minimum absolute atomic E-state index is 0.0620. The minimum Gasteiger partial charge on any atom is -0.396 e. The Hall–Kier alpha value is -1.30. The van der Waals surface area contributed by atoms with Crippen molar-refractivity contribution in [1.82, 2.24) is 0 Å². The van der Waals surface area contributed by atoms with Gasteiger partial charge < -0.3 is 10.4 Å². The highest BCUT2D eigenvalue weighted by atomic mass is 19.4. The highest BCUT2D eigenvalue weighted by Gasteiger charge is 2.31. The van der Waals surface area contributed by atoms with E-state index in [1.807, 2.05) is 0 Å². The quantitative estimate of drug-likeness (QED) is 0.610. The van der Waals surface area contributed by atoms with Gasteiger partial charge in [-0.05, 0) is 37.5 Å². The van der Waals surface area contributed by atoms with E-state index in [0.29, 0.717) is 19.0 Å². The number of rotatable bonds is 6. The van der Waals surface area contributed by atoms with Crippen molar-refractivity contribution < 1.29 is 22.7 Å². The third-order valence-corrected chi connectivity index (χ3v) is 2.45. The van der Waals surface area contributed by atoms with Crippen LogP contribution in [0.15, 0.2) is 18.2 Å². The number of hydrogen-bond donors (Lipinski definition) is 2. The van der Waals surface area contributed by atoms with E-state index in [0.717, 1.165) is 25.0 Å². The van der Waals surface area contributed by atoms with E-state index in [1.165, 1.54) is 0 Å². The molecule has 0 aliphatic heterocycles. The molecule has 1 aromatic carbocycles. The topological polar surface area (TPSA) is 32.3 Å². The van der Waals surface area contributed by atoms with Gasteiger partial charge in [-0.25, -0.2) is 4.39 Å². The normalized spacial score (nSPS) is 11.6. The van der Waals surface area contributed by atoms with Crippen molar-refractivity contribution in [3.05, 3.63) is 29.6 Å². The van der Waals surface area contributed by atoms with E-state index in [4.69, 9.17) is 5.11 Å². The zero-order valence-electron chi connectivity index (χ0n) is 9.73. The van der Waals surface area contributed by atoms with E-state index in [9.17, 15) is 17.6 Å². The molecule has 0 radical (unpaired) electrons. The van der Waals surface area contributed by atoms with Gasteiger partial charge in [-0.15, -0.1) is 0 Å². The van der Waals surface area contributed by atoms with Gasteiger partial charge >= 0.3 is 6.18 Å². The predicted molar refractivity (Wildman–Crippen MR) is 60.8 cm³/mol. The Bertz CT molecular complexity index is 379. The second-order valence-electron chi connectivity index (χ2n) is 3.90. The zero-order valence-corrected chi connectivity index (χ0v) is 9.73. The van der Waals surface area contributed by atoms with Crippen molar-refractivity contribution in [3.63, 3.8) is 0 Å². The first-order valence-corrected chi connectivity index (χ1v) is 5.66. The van der Waals surface area contributed by atoms with E-state index in [1.54, 1.807) is 0 Å². The molecule has 0 aliphatic rings. The van der Waals surface area contributed by atoms with Crippen LogP contribution in [0.25, 0.3) is 0 Å². The summed E-state index contributed by atoms with van der Waals surface area (Å²) >= 11 is 0. The van der Waals surface area contributed by atoms with E-state index in [2.05, 4.69) is 5.32 Å². The second-order valence-corrected chi connectivity index (χ2v) is 3.90. The summed E-state index contributed by atoms with van der Waals surface area (Å²) in [5.41, 5.74) is -0.933. The third kappa shape index (κ3) is 4.52. The SMILES string of the molecule is OCCCCCNc1ccc(C(F)(F)F)cc1F. The number of halogens is 4. The predicted octanol–water partition coefficient (Wildman–Crippen LogP) is 3.42. The lowest BCUT2D eigenvalue weighted by Crippen LogP contribution is -2.08. The molecule has 1 rings (SSSR count). The lowest BCUT2D eigenvalue weighted by molar-refractivity contribution is -0.137. The number of aliphatic hydroxyl groups is 1. The minimum atomic E-state index is -4.53. The summed E-state index contributed by atoms with van der Waals surface area (Å²) < 4.78 is 50.2. The molecule has 102 valence electrons. The summed E-state index contributed by atoms with van der Waals surface area (Å²) in [7, 11) is 0. The molecular weight excluding hydrogens is 250 g/mol. The van der Waals surface area contributed by atoms with Crippen LogP contribution in [0.1, 0.15) is 24.8 Å². The van der Waals surface area contributed by atoms with Gasteiger partial charge in [0, 0.05) is 13.2 Å². The Labute approximate surface area is 103 Å². The van der Waals surface area contributed by atoms with E-state index in [-0.39, 0.29) is 12.3 Å². The average molecular weight is 265 g/mol. The smallest absolute Gasteiger partial charge is 0.396 e. The maximum Gasteiger partial charge on any atom is 0.416 e. The summed E-state index contributed by atoms with van der Waals surface area (Å²) in [5.74, 6) is -0.910. The maximum atomic E-state index is 13.4. The van der Waals surface area contributed by atoms with Crippen LogP contribution >= 0.6 is 0 Å². The molecule has 2 N–H and O–H groups in total. The van der Waals surface area contributed by atoms with Crippen molar-refractivity contribution >= 4 is 5.69 Å². The fraction of sp³-hybridized carbons (Fsp3) is 0.500. The molecule has 1 aromatic rings. The van der Waals surface area contributed by atoms with Crippen LogP contribution in [-0.2, 0) is 6.18 Å². The molecule has 0 bridgehead atoms. The Balaban J connectivity index is 2.53. The van der Waals surface area contributed by atoms with Crippen LogP contribution in [0.2, 0.25) is 0 Å². The van der Waals surface area contributed by atoms with Crippen molar-refractivity contribution in [2.24, 2.45) is 0 Å². The second kappa shape index (κ2) is 6.58. The third-order valence-electron chi connectivity index (χ3n) is 2.45. The van der Waals surface area contributed by atoms with Gasteiger partial charge in [-0.3, -0.25) is 0 Å². The molecule has 0 unspecified atom stereocenters. The largest absolute Gasteiger partial charge is 0.416 e. The Morgan fingerprint density at radius 2 is 1.83 bits per heavy atom. The molecule has 0 spiro atoms. The van der Waals surface area contributed by atoms with Gasteiger partial charge in [0.1, 0.15) is 5.82 Å². The summed E-state index contributed by atoms with van der Waals surface area (Å²) in [6.45, 7) is 0.566. The van der Waals surface area contributed by atoms with E-state index >= 15 is 0 Å². The van der Waals surface area contributed by atoms with Crippen molar-refractivity contribution in [3.8, 4) is 0 Å². The lowest BCUT2D eigenvalue weighted by Gasteiger charge is -2.10. The fourth-order valence-corrected chi connectivity index (χ4v) is 1.47. The van der Waals surface area contributed by atoms with Crippen LogP contribution in [-0.4, -0.2) is 18.3 Å². The fourth-order valence-electron chi connectivity index (χ4n) is 1.47. The molecular formula is C12H15F4NO. The van der Waals surface area contributed by atoms with Crippen molar-refractivity contribution in [2.45, 2.75) is 25.4 Å². The first-order chi connectivity index (χ1) is 8.45. The van der Waals surface area contributed by atoms with Gasteiger partial charge in [0.15, 0.2) is 0 Å². The van der Waals surface area contributed by atoms with Gasteiger partial charge in [0.25, 0.3) is 0 Å². The summed E-state index contributed by atoms with van der Waals surface area (Å²) in [4.78, 5) is 0. The molecule has 0 saturated carbocycles. The molecule has 6 heteroatoms. The van der Waals surface area contributed by atoms with Crippen LogP contribution in [0.4, 0.5) is 23.2 Å². The number of hydrogen-bond acceptors (Lipinski definition) is 2. The number of benzene rings is 1. The first kappa shape index (κ1) is 14.8. The number of aliphatic hydroxyl groups excluding tert-OH is 1. The number of nitrogens with one attached hydrogen (secondary N) is 1. The van der Waals surface area contributed by atoms with Crippen LogP contribution in [0.5, 0.6) is 0 Å². The molecule has 0 saturated heterocycles. The standard InChI is InChI=1S/C12H15F4NO/c13-10-8-9(12(14,15)16)4-5-11(10)17-6-2-1-3-7-18/h4-5,8,17-18H,1-3,6-7H2. The van der Waals surface area contributed by atoms with E-state index < -0.39 is 17.6 Å². The number of alkyl halides is 3. The van der Waals surface area contributed by atoms with Gasteiger partial charge in [-0.1, -0.05) is 0 Å². The highest BCUT2D eigenvalue weighted by Crippen LogP contribution is 2.31. The first-order valence-electron chi connectivity index (χ1n) is 5.66. The molecule has 0 heterocycles.